The van der Waals surface area contributed by atoms with E-state index in [0.717, 1.165) is 128 Å². The molecule has 0 N–H and O–H groups in total. The third-order valence-electron chi connectivity index (χ3n) is 26.4. The molecule has 4 aliphatic rings. The van der Waals surface area contributed by atoms with Gasteiger partial charge in [-0.15, -0.1) is 0 Å². The molecule has 6 nitrogen and oxygen atoms in total. The maximum Gasteiger partial charge on any atom is 0.252 e. The number of fused-ring (bicyclic) bond motifs is 14. The van der Waals surface area contributed by atoms with Crippen LogP contribution in [0.1, 0.15) is 127 Å². The van der Waals surface area contributed by atoms with E-state index in [2.05, 4.69) is 303 Å². The van der Waals surface area contributed by atoms with Gasteiger partial charge in [0.2, 0.25) is 0 Å². The number of benzene rings is 17. The Morgan fingerprint density at radius 2 is 0.492 bits per heavy atom. The summed E-state index contributed by atoms with van der Waals surface area (Å²) in [5.74, 6) is 0. The number of hydrogen-bond donors (Lipinski definition) is 0. The van der Waals surface area contributed by atoms with Gasteiger partial charge >= 0.3 is 0 Å². The van der Waals surface area contributed by atoms with Crippen molar-refractivity contribution in [1.29, 1.82) is 0 Å². The first-order valence-electron chi connectivity index (χ1n) is 51.5. The number of para-hydroxylation sites is 6. The van der Waals surface area contributed by atoms with Crippen LogP contribution in [0.4, 0.5) is 68.2 Å². The van der Waals surface area contributed by atoms with E-state index in [1.165, 1.54) is 0 Å². The molecule has 0 amide bonds. The topological polar surface area (TPSA) is 22.8 Å². The van der Waals surface area contributed by atoms with Crippen molar-refractivity contribution in [3.63, 3.8) is 0 Å². The second-order valence-electron chi connectivity index (χ2n) is 38.0. The van der Waals surface area contributed by atoms with Crippen molar-refractivity contribution >= 4 is 158 Å². The van der Waals surface area contributed by atoms with E-state index in [1.54, 1.807) is 9.13 Å². The predicted octanol–water partition coefficient (Wildman–Crippen LogP) is 27.9. The zero-order valence-corrected chi connectivity index (χ0v) is 72.4. The second kappa shape index (κ2) is 28.6. The third kappa shape index (κ3) is 12.1. The first kappa shape index (κ1) is 61.1. The van der Waals surface area contributed by atoms with Crippen molar-refractivity contribution in [1.82, 2.24) is 9.13 Å². The van der Waals surface area contributed by atoms with E-state index in [-0.39, 0.29) is 54.4 Å². The van der Waals surface area contributed by atoms with Crippen LogP contribution in [-0.2, 0) is 21.7 Å². The van der Waals surface area contributed by atoms with Gasteiger partial charge in [0.05, 0.1) is 66.7 Å². The molecule has 23 rings (SSSR count). The highest BCUT2D eigenvalue weighted by Gasteiger charge is 2.51. The van der Waals surface area contributed by atoms with E-state index in [1.807, 2.05) is 78.9 Å². The predicted molar refractivity (Wildman–Crippen MR) is 540 cm³/mol. The number of anilines is 12. The lowest BCUT2D eigenvalue weighted by Gasteiger charge is -2.48. The molecule has 8 heteroatoms. The fourth-order valence-electron chi connectivity index (χ4n) is 20.2. The van der Waals surface area contributed by atoms with E-state index < -0.39 is 121 Å². The quantitative estimate of drug-likeness (QED) is 0.127. The summed E-state index contributed by atoms with van der Waals surface area (Å²) in [6.45, 7) is 25.0. The standard InChI is InChI=1S/C118H98B2N6/c1-115(2,3)79-55-61-83(62-56-79)121-103-67-81(117(7,8)9)59-65-95(103)119-98-73-97-105(74-106(98)126(114-89(77-39-21-15-22-40-77)49-34-50-90(114)78-41-23-16-24-42-78)110-72-85(69-107(121)111(110)119)123-99-51-29-25-43-91(99)92-44-26-30-52-100(92)123)122(84-63-57-80(58-64-84)116(4,5)6)108-70-86(124-101-53-31-27-45-93(101)94-46-28-32-54-102(94)124)71-109-112(108)120(97)96-66-60-82(118(10,11)12)68-104(96)125(109)113-87(75-35-17-13-18-36-75)47-33-48-88(113)76-37-19-14-20-38-76/h13-74H,1-12H3/i25D,26D,27D,28D,29D,30D,31D,32D,43D,44D,45D,46D,51D,52D,53D,54D. The Hall–Kier alpha value is -14.3. The Labute approximate surface area is 763 Å². The highest BCUT2D eigenvalue weighted by atomic mass is 15.2. The second-order valence-corrected chi connectivity index (χ2v) is 38.0. The van der Waals surface area contributed by atoms with Gasteiger partial charge < -0.3 is 28.7 Å². The number of nitrogens with zero attached hydrogens (tertiary/aromatic N) is 6. The van der Waals surface area contributed by atoms with Gasteiger partial charge in [0.25, 0.3) is 13.4 Å². The molecular formula is C118H98B2N6. The lowest BCUT2D eigenvalue weighted by Crippen LogP contribution is -2.65. The summed E-state index contributed by atoms with van der Waals surface area (Å²) in [6, 6.07) is 90.1. The molecule has 0 aliphatic carbocycles. The van der Waals surface area contributed by atoms with Crippen molar-refractivity contribution in [2.45, 2.75) is 105 Å². The summed E-state index contributed by atoms with van der Waals surface area (Å²) in [4.78, 5) is 9.41. The largest absolute Gasteiger partial charge is 0.311 e. The average Bonchev–Trinajstić information content (AvgIpc) is 0.788. The van der Waals surface area contributed by atoms with E-state index in [0.29, 0.717) is 51.2 Å². The molecule has 4 aliphatic heterocycles. The van der Waals surface area contributed by atoms with Gasteiger partial charge in [-0.1, -0.05) is 368 Å². The molecule has 0 fully saturated rings. The molecule has 0 bridgehead atoms. The summed E-state index contributed by atoms with van der Waals surface area (Å²) in [5.41, 5.74) is 24.0. The molecule has 0 spiro atoms. The number of aromatic nitrogens is 2. The van der Waals surface area contributed by atoms with Crippen molar-refractivity contribution in [2.24, 2.45) is 0 Å². The average molecular weight is 1640 g/mol. The minimum Gasteiger partial charge on any atom is -0.311 e. The van der Waals surface area contributed by atoms with Crippen LogP contribution in [0, 0.1) is 0 Å². The molecule has 17 aromatic carbocycles. The molecule has 0 saturated carbocycles. The summed E-state index contributed by atoms with van der Waals surface area (Å²) in [5, 5.41) is -0.303. The first-order valence-corrected chi connectivity index (χ1v) is 43.5. The lowest BCUT2D eigenvalue weighted by atomic mass is 9.30. The van der Waals surface area contributed by atoms with Crippen molar-refractivity contribution < 1.29 is 21.9 Å². The van der Waals surface area contributed by atoms with Gasteiger partial charge in [-0.2, -0.15) is 0 Å². The molecule has 19 aromatic rings. The Bertz CT molecular complexity index is 8390. The monoisotopic (exact) mass is 1640 g/mol. The van der Waals surface area contributed by atoms with Crippen LogP contribution in [0.3, 0.4) is 0 Å². The Kier molecular flexibility index (Phi) is 13.9. The third-order valence-corrected chi connectivity index (χ3v) is 26.4. The fraction of sp³-hybridized carbons (Fsp3) is 0.136. The normalized spacial score (nSPS) is 15.2. The summed E-state index contributed by atoms with van der Waals surface area (Å²) < 4.78 is 161. The van der Waals surface area contributed by atoms with Crippen molar-refractivity contribution in [3.8, 4) is 55.9 Å². The number of rotatable bonds is 10. The molecule has 6 heterocycles. The van der Waals surface area contributed by atoms with Gasteiger partial charge in [-0.3, -0.25) is 0 Å². The zero-order valence-electron chi connectivity index (χ0n) is 88.4. The highest BCUT2D eigenvalue weighted by Crippen LogP contribution is 2.57. The van der Waals surface area contributed by atoms with Gasteiger partial charge in [-0.05, 0) is 190 Å². The van der Waals surface area contributed by atoms with Crippen LogP contribution in [0.2, 0.25) is 0 Å². The minimum atomic E-state index is -0.728. The molecule has 126 heavy (non-hydrogen) atoms. The lowest BCUT2D eigenvalue weighted by molar-refractivity contribution is 0.590. The maximum atomic E-state index is 10.3. The SMILES string of the molecule is [2H]c1c([2H])c([2H])c2c(c1[2H])c1c([2H])c([2H])c([2H])c([2H])c1n2-c1cc2c3c(c1)N(c1c(-c4ccccc4)cccc1-c1ccccc1)c1cc(C(C)(C)C)ccc1B3c1cc3c(cc1N2c1ccc(C(C)(C)C)cc1)N(c1c(-c2ccccc2)cccc1-c1ccccc1)c1cc(-n2c4c([2H])c([2H])c([2H])c([2H])c4c4c([2H])c([2H])c([2H])c([2H])c42)cc2c1B3c1ccc(C(C)(C)C)cc1N2c1ccc(C(C)(C)C)cc1. The van der Waals surface area contributed by atoms with Gasteiger partial charge in [-0.25, -0.2) is 0 Å². The van der Waals surface area contributed by atoms with Crippen LogP contribution in [0.5, 0.6) is 0 Å². The fourth-order valence-corrected chi connectivity index (χ4v) is 20.2. The molecule has 606 valence electrons. The molecule has 0 atom stereocenters. The number of hydrogen-bond acceptors (Lipinski definition) is 4. The molecule has 0 radical (unpaired) electrons. The molecule has 0 saturated heterocycles. The van der Waals surface area contributed by atoms with Gasteiger partial charge in [0.15, 0.2) is 0 Å². The van der Waals surface area contributed by atoms with E-state index in [9.17, 15) is 21.9 Å². The maximum absolute atomic E-state index is 10.3. The van der Waals surface area contributed by atoms with Crippen molar-refractivity contribution in [3.05, 3.63) is 398 Å². The van der Waals surface area contributed by atoms with Gasteiger partial charge in [0, 0.05) is 101 Å². The Balaban J connectivity index is 0.953. The van der Waals surface area contributed by atoms with Crippen LogP contribution in [0.15, 0.2) is 376 Å². The van der Waals surface area contributed by atoms with E-state index >= 15 is 0 Å². The van der Waals surface area contributed by atoms with Crippen LogP contribution < -0.4 is 52.4 Å². The summed E-state index contributed by atoms with van der Waals surface area (Å²) in [6.07, 6.45) is 0. The smallest absolute Gasteiger partial charge is 0.252 e. The van der Waals surface area contributed by atoms with E-state index in [4.69, 9.17) is 0 Å². The van der Waals surface area contributed by atoms with Crippen LogP contribution in [-0.4, -0.2) is 22.6 Å². The summed E-state index contributed by atoms with van der Waals surface area (Å²) >= 11 is 0. The molecular weight excluding hydrogens is 1520 g/mol. The molecule has 2 aromatic heterocycles. The highest BCUT2D eigenvalue weighted by molar-refractivity contribution is 7.03. The molecule has 0 unspecified atom stereocenters. The van der Waals surface area contributed by atoms with Crippen molar-refractivity contribution in [2.75, 3.05) is 19.6 Å². The van der Waals surface area contributed by atoms with Crippen LogP contribution >= 0.6 is 0 Å². The minimum absolute atomic E-state index is 0.0524. The van der Waals surface area contributed by atoms with Crippen LogP contribution in [0.25, 0.3) is 99.5 Å². The Morgan fingerprint density at radius 3 is 0.802 bits per heavy atom. The Morgan fingerprint density at radius 1 is 0.222 bits per heavy atom. The first-order chi connectivity index (χ1) is 67.7. The zero-order chi connectivity index (χ0) is 99.5. The van der Waals surface area contributed by atoms with Gasteiger partial charge in [0.1, 0.15) is 0 Å². The summed E-state index contributed by atoms with van der Waals surface area (Å²) in [7, 11) is 0.